The topological polar surface area (TPSA) is 66.8 Å². The molecule has 0 aromatic heterocycles. The predicted octanol–water partition coefficient (Wildman–Crippen LogP) is 3.84. The molecule has 0 saturated carbocycles. The van der Waals surface area contributed by atoms with Gasteiger partial charge in [-0.3, -0.25) is 4.90 Å². The molecule has 0 bridgehead atoms. The molecule has 0 aliphatic carbocycles. The summed E-state index contributed by atoms with van der Waals surface area (Å²) in [6.07, 6.45) is -0.697. The first kappa shape index (κ1) is 17.0. The summed E-state index contributed by atoms with van der Waals surface area (Å²) in [6.45, 7) is 0.0896. The SMILES string of the molecule is CN(C(=O)OCc1ccccc1)C(C(=O)O)c1ccccc1Br. The fourth-order valence-corrected chi connectivity index (χ4v) is 2.63. The summed E-state index contributed by atoms with van der Waals surface area (Å²) in [5.41, 5.74) is 1.32. The minimum Gasteiger partial charge on any atom is -0.479 e. The number of rotatable bonds is 5. The molecule has 2 aromatic carbocycles. The zero-order chi connectivity index (χ0) is 16.8. The minimum atomic E-state index is -1.13. The van der Waals surface area contributed by atoms with E-state index in [2.05, 4.69) is 15.9 Å². The van der Waals surface area contributed by atoms with Gasteiger partial charge in [0.1, 0.15) is 6.61 Å². The van der Waals surface area contributed by atoms with Crippen LogP contribution in [0.3, 0.4) is 0 Å². The number of hydrogen-bond donors (Lipinski definition) is 1. The Morgan fingerprint density at radius 2 is 1.74 bits per heavy atom. The van der Waals surface area contributed by atoms with Gasteiger partial charge in [-0.05, 0) is 11.6 Å². The highest BCUT2D eigenvalue weighted by Gasteiger charge is 2.30. The van der Waals surface area contributed by atoms with Gasteiger partial charge in [-0.25, -0.2) is 9.59 Å². The molecule has 1 N–H and O–H groups in total. The highest BCUT2D eigenvalue weighted by atomic mass is 79.9. The number of halogens is 1. The molecule has 5 nitrogen and oxygen atoms in total. The molecule has 1 amide bonds. The molecule has 23 heavy (non-hydrogen) atoms. The number of benzene rings is 2. The molecule has 2 rings (SSSR count). The maximum Gasteiger partial charge on any atom is 0.410 e. The second kappa shape index (κ2) is 7.78. The van der Waals surface area contributed by atoms with Crippen molar-refractivity contribution in [2.45, 2.75) is 12.6 Å². The molecular formula is C17H16BrNO4. The van der Waals surface area contributed by atoms with E-state index in [-0.39, 0.29) is 6.61 Å². The summed E-state index contributed by atoms with van der Waals surface area (Å²) in [6, 6.07) is 15.0. The van der Waals surface area contributed by atoms with Crippen molar-refractivity contribution in [2.24, 2.45) is 0 Å². The minimum absolute atomic E-state index is 0.0896. The predicted molar refractivity (Wildman–Crippen MR) is 88.9 cm³/mol. The number of amides is 1. The Labute approximate surface area is 142 Å². The van der Waals surface area contributed by atoms with Gasteiger partial charge in [0.25, 0.3) is 0 Å². The van der Waals surface area contributed by atoms with Crippen molar-refractivity contribution in [1.82, 2.24) is 4.90 Å². The Balaban J connectivity index is 2.12. The monoisotopic (exact) mass is 377 g/mol. The number of nitrogens with zero attached hydrogens (tertiary/aromatic N) is 1. The van der Waals surface area contributed by atoms with Crippen molar-refractivity contribution < 1.29 is 19.4 Å². The van der Waals surface area contributed by atoms with Crippen LogP contribution >= 0.6 is 15.9 Å². The van der Waals surface area contributed by atoms with E-state index >= 15 is 0 Å². The number of hydrogen-bond acceptors (Lipinski definition) is 3. The zero-order valence-corrected chi connectivity index (χ0v) is 14.1. The van der Waals surface area contributed by atoms with E-state index in [0.717, 1.165) is 10.5 Å². The van der Waals surface area contributed by atoms with Crippen LogP contribution < -0.4 is 0 Å². The van der Waals surface area contributed by atoms with E-state index < -0.39 is 18.1 Å². The third-order valence-electron chi connectivity index (χ3n) is 3.31. The number of ether oxygens (including phenoxy) is 1. The fraction of sp³-hybridized carbons (Fsp3) is 0.176. The van der Waals surface area contributed by atoms with E-state index in [4.69, 9.17) is 4.74 Å². The number of carboxylic acid groups (broad SMARTS) is 1. The number of carbonyl (C=O) groups is 2. The van der Waals surface area contributed by atoms with E-state index in [1.165, 1.54) is 7.05 Å². The van der Waals surface area contributed by atoms with Gasteiger partial charge in [-0.15, -0.1) is 0 Å². The maximum atomic E-state index is 12.2. The average molecular weight is 378 g/mol. The van der Waals surface area contributed by atoms with Crippen LogP contribution in [0, 0.1) is 0 Å². The molecule has 0 radical (unpaired) electrons. The van der Waals surface area contributed by atoms with Crippen LogP contribution in [0.2, 0.25) is 0 Å². The highest BCUT2D eigenvalue weighted by molar-refractivity contribution is 9.10. The van der Waals surface area contributed by atoms with Crippen molar-refractivity contribution >= 4 is 28.0 Å². The molecule has 0 heterocycles. The number of carbonyl (C=O) groups excluding carboxylic acids is 1. The third kappa shape index (κ3) is 4.32. The van der Waals surface area contributed by atoms with Crippen LogP contribution in [-0.2, 0) is 16.1 Å². The summed E-state index contributed by atoms with van der Waals surface area (Å²) in [5.74, 6) is -1.13. The van der Waals surface area contributed by atoms with Crippen LogP contribution in [0.4, 0.5) is 4.79 Å². The van der Waals surface area contributed by atoms with Gasteiger partial charge in [0.2, 0.25) is 0 Å². The molecule has 1 unspecified atom stereocenters. The van der Waals surface area contributed by atoms with Gasteiger partial charge in [0, 0.05) is 17.1 Å². The van der Waals surface area contributed by atoms with Crippen molar-refractivity contribution in [1.29, 1.82) is 0 Å². The van der Waals surface area contributed by atoms with Gasteiger partial charge in [0.15, 0.2) is 6.04 Å². The van der Waals surface area contributed by atoms with E-state index in [1.54, 1.807) is 24.3 Å². The number of carboxylic acids is 1. The van der Waals surface area contributed by atoms with Gasteiger partial charge < -0.3 is 9.84 Å². The molecular weight excluding hydrogens is 362 g/mol. The lowest BCUT2D eigenvalue weighted by Gasteiger charge is -2.25. The Morgan fingerprint density at radius 1 is 1.13 bits per heavy atom. The van der Waals surface area contributed by atoms with Gasteiger partial charge in [0.05, 0.1) is 0 Å². The molecule has 120 valence electrons. The van der Waals surface area contributed by atoms with Gasteiger partial charge in [-0.1, -0.05) is 64.5 Å². The zero-order valence-electron chi connectivity index (χ0n) is 12.5. The number of likely N-dealkylation sites (N-methyl/N-ethyl adjacent to an activating group) is 1. The van der Waals surface area contributed by atoms with Crippen LogP contribution in [0.15, 0.2) is 59.1 Å². The molecule has 2 aromatic rings. The van der Waals surface area contributed by atoms with Crippen molar-refractivity contribution in [3.8, 4) is 0 Å². The fourth-order valence-electron chi connectivity index (χ4n) is 2.13. The third-order valence-corrected chi connectivity index (χ3v) is 4.04. The van der Waals surface area contributed by atoms with Crippen molar-refractivity contribution in [3.05, 3.63) is 70.2 Å². The summed E-state index contributed by atoms with van der Waals surface area (Å²) in [4.78, 5) is 24.8. The van der Waals surface area contributed by atoms with Gasteiger partial charge in [-0.2, -0.15) is 0 Å². The lowest BCUT2D eigenvalue weighted by molar-refractivity contribution is -0.142. The molecule has 0 aliphatic heterocycles. The van der Waals surface area contributed by atoms with Crippen molar-refractivity contribution in [2.75, 3.05) is 7.05 Å². The smallest absolute Gasteiger partial charge is 0.410 e. The summed E-state index contributed by atoms with van der Waals surface area (Å²) >= 11 is 3.32. The first-order valence-corrected chi connectivity index (χ1v) is 7.70. The maximum absolute atomic E-state index is 12.2. The second-order valence-corrected chi connectivity index (χ2v) is 5.77. The standard InChI is InChI=1S/C17H16BrNO4/c1-19(17(22)23-11-12-7-3-2-4-8-12)15(16(20)21)13-9-5-6-10-14(13)18/h2-10,15H,11H2,1H3,(H,20,21). The average Bonchev–Trinajstić information content (AvgIpc) is 2.55. The van der Waals surface area contributed by atoms with E-state index in [9.17, 15) is 14.7 Å². The normalized spacial score (nSPS) is 11.6. The Bertz CT molecular complexity index is 690. The lowest BCUT2D eigenvalue weighted by atomic mass is 10.1. The second-order valence-electron chi connectivity index (χ2n) is 4.91. The molecule has 6 heteroatoms. The quantitative estimate of drug-likeness (QED) is 0.859. The largest absolute Gasteiger partial charge is 0.479 e. The van der Waals surface area contributed by atoms with Crippen LogP contribution in [0.1, 0.15) is 17.2 Å². The van der Waals surface area contributed by atoms with Gasteiger partial charge >= 0.3 is 12.1 Å². The first-order chi connectivity index (χ1) is 11.0. The van der Waals surface area contributed by atoms with E-state index in [0.29, 0.717) is 10.0 Å². The molecule has 0 saturated heterocycles. The summed E-state index contributed by atoms with van der Waals surface area (Å²) in [7, 11) is 1.41. The van der Waals surface area contributed by atoms with Crippen LogP contribution in [0.5, 0.6) is 0 Å². The van der Waals surface area contributed by atoms with Crippen LogP contribution in [0.25, 0.3) is 0 Å². The van der Waals surface area contributed by atoms with E-state index in [1.807, 2.05) is 30.3 Å². The lowest BCUT2D eigenvalue weighted by Crippen LogP contribution is -2.36. The molecule has 0 aliphatic rings. The highest BCUT2D eigenvalue weighted by Crippen LogP contribution is 2.27. The Hall–Kier alpha value is -2.34. The summed E-state index contributed by atoms with van der Waals surface area (Å²) < 4.78 is 5.81. The molecule has 1 atom stereocenters. The Kier molecular flexibility index (Phi) is 5.76. The Morgan fingerprint density at radius 3 is 2.35 bits per heavy atom. The molecule has 0 fully saturated rings. The van der Waals surface area contributed by atoms with Crippen molar-refractivity contribution in [3.63, 3.8) is 0 Å². The number of aliphatic carboxylic acids is 1. The summed E-state index contributed by atoms with van der Waals surface area (Å²) in [5, 5.41) is 9.49. The van der Waals surface area contributed by atoms with Crippen LogP contribution in [-0.4, -0.2) is 29.1 Å². The first-order valence-electron chi connectivity index (χ1n) is 6.91. The molecule has 0 spiro atoms.